The van der Waals surface area contributed by atoms with Gasteiger partial charge in [-0.1, -0.05) is 75.8 Å². The molecule has 1 N–H and O–H groups in total. The van der Waals surface area contributed by atoms with Crippen molar-refractivity contribution in [1.82, 2.24) is 0 Å². The van der Waals surface area contributed by atoms with Crippen molar-refractivity contribution >= 4 is 17.6 Å². The van der Waals surface area contributed by atoms with Crippen molar-refractivity contribution in [3.63, 3.8) is 0 Å². The summed E-state index contributed by atoms with van der Waals surface area (Å²) in [5, 5.41) is 9.19. The van der Waals surface area contributed by atoms with Gasteiger partial charge in [-0.3, -0.25) is 9.69 Å². The van der Waals surface area contributed by atoms with Crippen molar-refractivity contribution < 1.29 is 27.9 Å². The Morgan fingerprint density at radius 1 is 0.857 bits per heavy atom. The molecule has 0 saturated heterocycles. The summed E-state index contributed by atoms with van der Waals surface area (Å²) in [7, 11) is 0. The molecule has 0 saturated carbocycles. The fraction of sp³-hybridized carbons (Fsp3) is 0.429. The quantitative estimate of drug-likeness (QED) is 0.207. The Morgan fingerprint density at radius 3 is 1.97 bits per heavy atom. The maximum atomic E-state index is 12.8. The Hall–Kier alpha value is -3.27. The molecule has 0 aliphatic heterocycles. The smallest absolute Gasteiger partial charge is 0.416 e. The van der Waals surface area contributed by atoms with E-state index in [1.165, 1.54) is 50.7 Å². The lowest BCUT2D eigenvalue weighted by molar-refractivity contribution is -0.148. The van der Waals surface area contributed by atoms with E-state index in [-0.39, 0.29) is 6.54 Å². The van der Waals surface area contributed by atoms with Gasteiger partial charge in [0.1, 0.15) is 0 Å². The number of alkyl halides is 3. The molecule has 188 valence electrons. The van der Waals surface area contributed by atoms with Gasteiger partial charge >= 0.3 is 18.1 Å². The topological polar surface area (TPSA) is 57.6 Å². The molecule has 7 heteroatoms. The molecule has 0 spiro atoms. The second kappa shape index (κ2) is 14.2. The van der Waals surface area contributed by atoms with E-state index < -0.39 is 23.6 Å². The zero-order chi connectivity index (χ0) is 25.7. The number of rotatable bonds is 11. The van der Waals surface area contributed by atoms with E-state index in [9.17, 15) is 27.9 Å². The molecule has 0 atom stereocenters. The first kappa shape index (κ1) is 28.0. The van der Waals surface area contributed by atoms with E-state index in [1.54, 1.807) is 24.3 Å². The highest BCUT2D eigenvalue weighted by Gasteiger charge is 2.30. The number of hydrogen-bond donors (Lipinski definition) is 1. The maximum absolute atomic E-state index is 12.8. The summed E-state index contributed by atoms with van der Waals surface area (Å²) in [5.74, 6) is 3.40. The van der Waals surface area contributed by atoms with Crippen LogP contribution in [0.1, 0.15) is 81.4 Å². The minimum Gasteiger partial charge on any atom is -0.474 e. The normalized spacial score (nSPS) is 11.0. The highest BCUT2D eigenvalue weighted by atomic mass is 19.4. The lowest BCUT2D eigenvalue weighted by atomic mass is 10.1. The predicted octanol–water partition coefficient (Wildman–Crippen LogP) is 7.21. The highest BCUT2D eigenvalue weighted by Crippen LogP contribution is 2.29. The van der Waals surface area contributed by atoms with E-state index >= 15 is 0 Å². The number of amides is 1. The molecule has 2 aromatic rings. The monoisotopic (exact) mass is 487 g/mol. The number of carbonyl (C=O) groups excluding carboxylic acids is 1. The molecule has 4 nitrogen and oxygen atoms in total. The van der Waals surface area contributed by atoms with Gasteiger partial charge in [0.05, 0.1) is 12.1 Å². The molecule has 1 amide bonds. The molecule has 0 bridgehead atoms. The van der Waals surface area contributed by atoms with Crippen LogP contribution in [0.4, 0.5) is 18.9 Å². The van der Waals surface area contributed by atoms with Crippen LogP contribution in [-0.2, 0) is 22.3 Å². The molecule has 0 aromatic heterocycles. The van der Waals surface area contributed by atoms with Crippen molar-refractivity contribution in [2.45, 2.75) is 77.4 Å². The second-order valence-corrected chi connectivity index (χ2v) is 8.46. The molecule has 0 aliphatic carbocycles. The average molecular weight is 488 g/mol. The summed E-state index contributed by atoms with van der Waals surface area (Å²) in [6.07, 6.45) is 6.21. The molecule has 0 aliphatic rings. The number of carbonyl (C=O) groups is 2. The van der Waals surface area contributed by atoms with Crippen LogP contribution >= 0.6 is 0 Å². The zero-order valence-corrected chi connectivity index (χ0v) is 20.0. The predicted molar refractivity (Wildman–Crippen MR) is 131 cm³/mol. The number of aliphatic carboxylic acids is 1. The fourth-order valence-electron chi connectivity index (χ4n) is 3.61. The fourth-order valence-corrected chi connectivity index (χ4v) is 3.61. The van der Waals surface area contributed by atoms with Crippen LogP contribution in [0.15, 0.2) is 48.5 Å². The minimum atomic E-state index is -4.47. The lowest BCUT2D eigenvalue weighted by Gasteiger charge is -2.21. The van der Waals surface area contributed by atoms with Gasteiger partial charge < -0.3 is 5.11 Å². The first-order valence-corrected chi connectivity index (χ1v) is 12.0. The van der Waals surface area contributed by atoms with Gasteiger partial charge in [-0.15, -0.1) is 0 Å². The van der Waals surface area contributed by atoms with Crippen LogP contribution in [0.25, 0.3) is 0 Å². The zero-order valence-electron chi connectivity index (χ0n) is 20.0. The number of benzene rings is 2. The van der Waals surface area contributed by atoms with Crippen molar-refractivity contribution in [3.8, 4) is 11.8 Å². The molecular formula is C28H32F3NO3. The van der Waals surface area contributed by atoms with Crippen LogP contribution in [-0.4, -0.2) is 17.0 Å². The number of halogens is 3. The second-order valence-electron chi connectivity index (χ2n) is 8.46. The molecule has 0 unspecified atom stereocenters. The Morgan fingerprint density at radius 2 is 1.43 bits per heavy atom. The van der Waals surface area contributed by atoms with E-state index in [0.29, 0.717) is 11.3 Å². The summed E-state index contributed by atoms with van der Waals surface area (Å²) in [4.78, 5) is 24.6. The molecule has 0 radical (unpaired) electrons. The number of carboxylic acid groups (broad SMARTS) is 1. The SMILES string of the molecule is CCCCCCCCCCC#Cc1ccc(N(Cc2ccc(C(F)(F)F)cc2)C(=O)C(=O)O)cc1. The molecule has 0 fully saturated rings. The largest absolute Gasteiger partial charge is 0.474 e. The number of anilines is 1. The summed E-state index contributed by atoms with van der Waals surface area (Å²) in [6, 6.07) is 10.9. The van der Waals surface area contributed by atoms with Crippen molar-refractivity contribution in [2.75, 3.05) is 4.90 Å². The van der Waals surface area contributed by atoms with Crippen LogP contribution in [0.2, 0.25) is 0 Å². The van der Waals surface area contributed by atoms with Gasteiger partial charge in [0.2, 0.25) is 0 Å². The number of carboxylic acids is 1. The van der Waals surface area contributed by atoms with E-state index in [1.807, 2.05) is 0 Å². The minimum absolute atomic E-state index is 0.174. The van der Waals surface area contributed by atoms with Crippen LogP contribution < -0.4 is 4.90 Å². The Labute approximate surface area is 205 Å². The number of nitrogens with zero attached hydrogens (tertiary/aromatic N) is 1. The summed E-state index contributed by atoms with van der Waals surface area (Å²) >= 11 is 0. The number of unbranched alkanes of at least 4 members (excludes halogenated alkanes) is 8. The molecule has 2 aromatic carbocycles. The van der Waals surface area contributed by atoms with Gasteiger partial charge in [-0.2, -0.15) is 13.2 Å². The Kier molecular flexibility index (Phi) is 11.4. The molecule has 2 rings (SSSR count). The third-order valence-corrected chi connectivity index (χ3v) is 5.62. The summed E-state index contributed by atoms with van der Waals surface area (Å²) < 4.78 is 38.4. The standard InChI is InChI=1S/C28H32F3NO3/c1-2-3-4-5-6-7-8-9-10-11-12-22-15-19-25(20-16-22)32(26(33)27(34)35)21-23-13-17-24(18-14-23)28(29,30)31/h13-20H,2-10,21H2,1H3,(H,34,35). The Bertz CT molecular complexity index is 1000. The first-order valence-electron chi connectivity index (χ1n) is 12.0. The maximum Gasteiger partial charge on any atom is 0.416 e. The van der Waals surface area contributed by atoms with E-state index in [4.69, 9.17) is 0 Å². The van der Waals surface area contributed by atoms with Gasteiger partial charge in [0, 0.05) is 17.7 Å². The van der Waals surface area contributed by atoms with Crippen molar-refractivity contribution in [3.05, 3.63) is 65.2 Å². The van der Waals surface area contributed by atoms with Crippen LogP contribution in [0.5, 0.6) is 0 Å². The molecule has 35 heavy (non-hydrogen) atoms. The highest BCUT2D eigenvalue weighted by molar-refractivity contribution is 6.37. The third-order valence-electron chi connectivity index (χ3n) is 5.62. The Balaban J connectivity index is 1.95. The van der Waals surface area contributed by atoms with Gasteiger partial charge in [0.15, 0.2) is 0 Å². The van der Waals surface area contributed by atoms with Crippen molar-refractivity contribution in [1.29, 1.82) is 0 Å². The van der Waals surface area contributed by atoms with Crippen molar-refractivity contribution in [2.24, 2.45) is 0 Å². The first-order chi connectivity index (χ1) is 16.7. The van der Waals surface area contributed by atoms with Gasteiger partial charge in [-0.25, -0.2) is 4.79 Å². The van der Waals surface area contributed by atoms with Gasteiger partial charge in [0.25, 0.3) is 0 Å². The molecule has 0 heterocycles. The summed E-state index contributed by atoms with van der Waals surface area (Å²) in [6.45, 7) is 2.04. The van der Waals surface area contributed by atoms with E-state index in [0.717, 1.165) is 41.9 Å². The van der Waals surface area contributed by atoms with Crippen LogP contribution in [0, 0.1) is 11.8 Å². The lowest BCUT2D eigenvalue weighted by Crippen LogP contribution is -2.36. The summed E-state index contributed by atoms with van der Waals surface area (Å²) in [5.41, 5.74) is 0.630. The van der Waals surface area contributed by atoms with Gasteiger partial charge in [-0.05, 0) is 48.4 Å². The van der Waals surface area contributed by atoms with Crippen LogP contribution in [0.3, 0.4) is 0 Å². The average Bonchev–Trinajstić information content (AvgIpc) is 2.83. The number of hydrogen-bond acceptors (Lipinski definition) is 2. The third kappa shape index (κ3) is 9.86. The van der Waals surface area contributed by atoms with E-state index in [2.05, 4.69) is 18.8 Å². The molecular weight excluding hydrogens is 455 g/mol.